The van der Waals surface area contributed by atoms with E-state index >= 15 is 0 Å². The summed E-state index contributed by atoms with van der Waals surface area (Å²) >= 11 is 0. The summed E-state index contributed by atoms with van der Waals surface area (Å²) in [6, 6.07) is 0. The van der Waals surface area contributed by atoms with Crippen molar-refractivity contribution < 1.29 is 19.7 Å². The van der Waals surface area contributed by atoms with E-state index in [2.05, 4.69) is 17.5 Å². The van der Waals surface area contributed by atoms with Gasteiger partial charge < -0.3 is 20.3 Å². The molecule has 5 heteroatoms. The fourth-order valence-electron chi connectivity index (χ4n) is 2.68. The number of nitrogens with one attached hydrogen (secondary N) is 1. The van der Waals surface area contributed by atoms with E-state index in [1.165, 1.54) is 11.1 Å². The largest absolute Gasteiger partial charge is 0.449 e. The predicted octanol–water partition coefficient (Wildman–Crippen LogP) is 2.83. The highest BCUT2D eigenvalue weighted by atomic mass is 16.5. The zero-order valence-corrected chi connectivity index (χ0v) is 14.1. The van der Waals surface area contributed by atoms with Crippen molar-refractivity contribution in [3.05, 3.63) is 47.6 Å². The second kappa shape index (κ2) is 9.45. The molecule has 0 spiro atoms. The second-order valence-corrected chi connectivity index (χ2v) is 6.33. The molecule has 3 N–H and O–H groups in total. The first-order valence-corrected chi connectivity index (χ1v) is 8.62. The highest BCUT2D eigenvalue weighted by molar-refractivity contribution is 5.67. The van der Waals surface area contributed by atoms with Gasteiger partial charge in [0.25, 0.3) is 0 Å². The summed E-state index contributed by atoms with van der Waals surface area (Å²) in [5, 5.41) is 20.7. The van der Waals surface area contributed by atoms with Crippen LogP contribution in [-0.4, -0.2) is 35.7 Å². The molecule has 0 aliphatic heterocycles. The Morgan fingerprint density at radius 3 is 2.42 bits per heavy atom. The molecule has 0 aromatic heterocycles. The van der Waals surface area contributed by atoms with Crippen LogP contribution in [0.2, 0.25) is 0 Å². The van der Waals surface area contributed by atoms with Crippen LogP contribution in [0.4, 0.5) is 4.79 Å². The molecule has 0 heterocycles. The van der Waals surface area contributed by atoms with Gasteiger partial charge in [0.1, 0.15) is 6.61 Å². The van der Waals surface area contributed by atoms with Crippen LogP contribution in [-0.2, 0) is 4.74 Å². The molecule has 0 radical (unpaired) electrons. The SMILES string of the molecule is CC(CCCCCNC(=O)OCC1C2=C1/C=C\C=C/C=C2)C(O)O. The van der Waals surface area contributed by atoms with Crippen molar-refractivity contribution >= 4 is 6.09 Å². The number of alkyl carbamates (subject to hydrolysis) is 1. The molecule has 132 valence electrons. The maximum Gasteiger partial charge on any atom is 0.407 e. The Morgan fingerprint density at radius 2 is 1.79 bits per heavy atom. The van der Waals surface area contributed by atoms with Crippen LogP contribution >= 0.6 is 0 Å². The number of carbonyl (C=O) groups excluding carboxylic acids is 1. The van der Waals surface area contributed by atoms with Gasteiger partial charge in [0.05, 0.1) is 0 Å². The van der Waals surface area contributed by atoms with Crippen LogP contribution in [0.5, 0.6) is 0 Å². The highest BCUT2D eigenvalue weighted by Crippen LogP contribution is 2.41. The number of ether oxygens (including phenoxy) is 1. The van der Waals surface area contributed by atoms with Gasteiger partial charge in [-0.3, -0.25) is 0 Å². The van der Waals surface area contributed by atoms with E-state index in [1.807, 2.05) is 31.2 Å². The Morgan fingerprint density at radius 1 is 1.12 bits per heavy atom. The standard InChI is InChI=1S/C19H27NO4/c1-14(18(21)22)9-5-4-8-12-20-19(23)24-13-17-15-10-6-2-3-7-11-16(15)17/h2-3,6-7,10-11,14,17-18,21-22H,4-5,8-9,12-13H2,1H3,(H,20,23)/b3-2-,6-2?,7-3?,10-6-,11-7?,15-10?,16-11?. The molecule has 0 aromatic rings. The van der Waals surface area contributed by atoms with Crippen molar-refractivity contribution in [2.45, 2.75) is 38.9 Å². The average molecular weight is 333 g/mol. The molecule has 1 amide bonds. The molecular weight excluding hydrogens is 306 g/mol. The van der Waals surface area contributed by atoms with Gasteiger partial charge >= 0.3 is 6.09 Å². The van der Waals surface area contributed by atoms with Gasteiger partial charge in [-0.2, -0.15) is 0 Å². The Hall–Kier alpha value is -1.85. The van der Waals surface area contributed by atoms with Crippen molar-refractivity contribution in [2.24, 2.45) is 11.8 Å². The summed E-state index contributed by atoms with van der Waals surface area (Å²) in [6.07, 6.45) is 13.9. The van der Waals surface area contributed by atoms with Gasteiger partial charge in [0, 0.05) is 18.4 Å². The molecule has 0 bridgehead atoms. The molecule has 2 aliphatic rings. The molecule has 0 aromatic carbocycles. The zero-order valence-electron chi connectivity index (χ0n) is 14.1. The normalized spacial score (nSPS) is 22.4. The van der Waals surface area contributed by atoms with Gasteiger partial charge in [-0.05, 0) is 24.0 Å². The predicted molar refractivity (Wildman–Crippen MR) is 93.1 cm³/mol. The van der Waals surface area contributed by atoms with Crippen LogP contribution in [0, 0.1) is 11.8 Å². The molecule has 0 saturated heterocycles. The van der Waals surface area contributed by atoms with Gasteiger partial charge in [0.15, 0.2) is 6.29 Å². The fraction of sp³-hybridized carbons (Fsp3) is 0.526. The number of aliphatic hydroxyl groups is 2. The molecule has 5 nitrogen and oxygen atoms in total. The molecule has 2 rings (SSSR count). The summed E-state index contributed by atoms with van der Waals surface area (Å²) in [6.45, 7) is 2.78. The lowest BCUT2D eigenvalue weighted by molar-refractivity contribution is -0.0808. The first-order chi connectivity index (χ1) is 11.6. The van der Waals surface area contributed by atoms with Crippen molar-refractivity contribution in [1.82, 2.24) is 5.32 Å². The first-order valence-electron chi connectivity index (χ1n) is 8.62. The van der Waals surface area contributed by atoms with Crippen molar-refractivity contribution in [2.75, 3.05) is 13.2 Å². The van der Waals surface area contributed by atoms with Crippen molar-refractivity contribution in [1.29, 1.82) is 0 Å². The van der Waals surface area contributed by atoms with E-state index in [4.69, 9.17) is 14.9 Å². The molecule has 2 unspecified atom stereocenters. The minimum atomic E-state index is -1.24. The smallest absolute Gasteiger partial charge is 0.407 e. The molecule has 2 atom stereocenters. The maximum atomic E-state index is 11.7. The van der Waals surface area contributed by atoms with Gasteiger partial charge in [0.2, 0.25) is 0 Å². The van der Waals surface area contributed by atoms with Gasteiger partial charge in [-0.15, -0.1) is 0 Å². The average Bonchev–Trinajstić information content (AvgIpc) is 3.17. The number of hydrogen-bond acceptors (Lipinski definition) is 4. The Balaban J connectivity index is 1.49. The Bertz CT molecular complexity index is 520. The lowest BCUT2D eigenvalue weighted by Crippen LogP contribution is -2.26. The third-order valence-corrected chi connectivity index (χ3v) is 4.38. The molecule has 0 fully saturated rings. The van der Waals surface area contributed by atoms with Crippen LogP contribution < -0.4 is 5.32 Å². The summed E-state index contributed by atoms with van der Waals surface area (Å²) in [5.41, 5.74) is 2.48. The lowest BCUT2D eigenvalue weighted by atomic mass is 10.0. The second-order valence-electron chi connectivity index (χ2n) is 6.33. The highest BCUT2D eigenvalue weighted by Gasteiger charge is 2.33. The minimum Gasteiger partial charge on any atom is -0.449 e. The van der Waals surface area contributed by atoms with Crippen LogP contribution in [0.1, 0.15) is 32.6 Å². The number of amides is 1. The number of hydrogen-bond donors (Lipinski definition) is 3. The third-order valence-electron chi connectivity index (χ3n) is 4.38. The Labute approximate surface area is 143 Å². The van der Waals surface area contributed by atoms with E-state index < -0.39 is 6.29 Å². The monoisotopic (exact) mass is 333 g/mol. The summed E-state index contributed by atoms with van der Waals surface area (Å²) in [5.74, 6) is 0.126. The van der Waals surface area contributed by atoms with Gasteiger partial charge in [-0.25, -0.2) is 4.79 Å². The number of aliphatic hydroxyl groups excluding tert-OH is 1. The van der Waals surface area contributed by atoms with Crippen molar-refractivity contribution in [3.8, 4) is 0 Å². The van der Waals surface area contributed by atoms with Gasteiger partial charge in [-0.1, -0.05) is 56.2 Å². The summed E-state index contributed by atoms with van der Waals surface area (Å²) in [4.78, 5) is 11.7. The number of rotatable bonds is 9. The summed E-state index contributed by atoms with van der Waals surface area (Å²) in [7, 11) is 0. The fourth-order valence-corrected chi connectivity index (χ4v) is 2.68. The van der Waals surface area contributed by atoms with E-state index in [0.29, 0.717) is 13.2 Å². The topological polar surface area (TPSA) is 78.8 Å². The minimum absolute atomic E-state index is 0.105. The number of unbranched alkanes of at least 4 members (excludes halogenated alkanes) is 2. The van der Waals surface area contributed by atoms with E-state index in [1.54, 1.807) is 0 Å². The van der Waals surface area contributed by atoms with Crippen LogP contribution in [0.15, 0.2) is 47.6 Å². The first kappa shape index (κ1) is 18.5. The number of allylic oxidation sites excluding steroid dienone is 6. The van der Waals surface area contributed by atoms with E-state index in [9.17, 15) is 4.79 Å². The molecular formula is C19H27NO4. The number of carbonyl (C=O) groups is 1. The third kappa shape index (κ3) is 5.98. The summed E-state index contributed by atoms with van der Waals surface area (Å²) < 4.78 is 5.27. The van der Waals surface area contributed by atoms with Crippen molar-refractivity contribution in [3.63, 3.8) is 0 Å². The van der Waals surface area contributed by atoms with Crippen LogP contribution in [0.3, 0.4) is 0 Å². The van der Waals surface area contributed by atoms with E-state index in [-0.39, 0.29) is 17.9 Å². The molecule has 0 saturated carbocycles. The van der Waals surface area contributed by atoms with Crippen LogP contribution in [0.25, 0.3) is 0 Å². The Kier molecular flexibility index (Phi) is 7.28. The quantitative estimate of drug-likeness (QED) is 0.448. The maximum absolute atomic E-state index is 11.7. The molecule has 2 aliphatic carbocycles. The van der Waals surface area contributed by atoms with E-state index in [0.717, 1.165) is 25.7 Å². The zero-order chi connectivity index (χ0) is 17.4. The lowest BCUT2D eigenvalue weighted by Gasteiger charge is -2.12. The molecule has 24 heavy (non-hydrogen) atoms.